The Morgan fingerprint density at radius 1 is 1.47 bits per heavy atom. The van der Waals surface area contributed by atoms with Gasteiger partial charge < -0.3 is 9.84 Å². The summed E-state index contributed by atoms with van der Waals surface area (Å²) in [7, 11) is 0. The first-order valence-electron chi connectivity index (χ1n) is 4.77. The van der Waals surface area contributed by atoms with Gasteiger partial charge in [-0.05, 0) is 12.5 Å². The lowest BCUT2D eigenvalue weighted by atomic mass is 10.2. The minimum absolute atomic E-state index is 0.0258. The van der Waals surface area contributed by atoms with Crippen molar-refractivity contribution in [3.05, 3.63) is 24.0 Å². The van der Waals surface area contributed by atoms with Gasteiger partial charge in [0.2, 0.25) is 0 Å². The summed E-state index contributed by atoms with van der Waals surface area (Å²) in [5.74, 6) is -1.24. The fourth-order valence-corrected chi connectivity index (χ4v) is 1.13. The van der Waals surface area contributed by atoms with Crippen LogP contribution in [0.2, 0.25) is 0 Å². The van der Waals surface area contributed by atoms with E-state index in [1.807, 2.05) is 0 Å². The van der Waals surface area contributed by atoms with Crippen molar-refractivity contribution in [1.82, 2.24) is 4.98 Å². The van der Waals surface area contributed by atoms with Crippen molar-refractivity contribution in [2.45, 2.75) is 19.0 Å². The van der Waals surface area contributed by atoms with E-state index in [1.165, 1.54) is 12.3 Å². The Bertz CT molecular complexity index is 393. The number of aromatic carboxylic acids is 1. The highest BCUT2D eigenvalue weighted by Crippen LogP contribution is 2.22. The van der Waals surface area contributed by atoms with Crippen LogP contribution in [0, 0.1) is 0 Å². The number of hydrogen-bond acceptors (Lipinski definition) is 3. The van der Waals surface area contributed by atoms with E-state index in [9.17, 15) is 18.0 Å². The average molecular weight is 249 g/mol. The molecular weight excluding hydrogens is 239 g/mol. The Morgan fingerprint density at radius 2 is 2.18 bits per heavy atom. The van der Waals surface area contributed by atoms with Gasteiger partial charge in [-0.1, -0.05) is 0 Å². The molecular formula is C10H10F3NO3. The minimum atomic E-state index is -4.23. The summed E-state index contributed by atoms with van der Waals surface area (Å²) in [5.41, 5.74) is -0.119. The molecule has 0 amide bonds. The Balaban J connectivity index is 2.49. The predicted molar refractivity (Wildman–Crippen MR) is 52.0 cm³/mol. The number of pyridine rings is 1. The number of carbonyl (C=O) groups is 1. The van der Waals surface area contributed by atoms with Crippen LogP contribution in [0.3, 0.4) is 0 Å². The topological polar surface area (TPSA) is 59.4 Å². The highest BCUT2D eigenvalue weighted by Gasteiger charge is 2.26. The molecule has 0 aliphatic heterocycles. The molecule has 0 spiro atoms. The molecule has 1 aromatic heterocycles. The van der Waals surface area contributed by atoms with Crippen LogP contribution in [-0.2, 0) is 0 Å². The summed E-state index contributed by atoms with van der Waals surface area (Å²) in [6.45, 7) is -0.203. The van der Waals surface area contributed by atoms with Crippen molar-refractivity contribution in [3.8, 4) is 5.75 Å². The van der Waals surface area contributed by atoms with Crippen molar-refractivity contribution in [2.24, 2.45) is 0 Å². The molecule has 0 unspecified atom stereocenters. The summed E-state index contributed by atoms with van der Waals surface area (Å²) in [4.78, 5) is 14.4. The van der Waals surface area contributed by atoms with Crippen molar-refractivity contribution in [1.29, 1.82) is 0 Å². The summed E-state index contributed by atoms with van der Waals surface area (Å²) >= 11 is 0. The van der Waals surface area contributed by atoms with Crippen LogP contribution >= 0.6 is 0 Å². The molecule has 1 aromatic rings. The van der Waals surface area contributed by atoms with Crippen LogP contribution in [0.4, 0.5) is 13.2 Å². The molecule has 94 valence electrons. The van der Waals surface area contributed by atoms with E-state index in [0.717, 1.165) is 6.20 Å². The number of halogens is 3. The molecule has 1 N–H and O–H groups in total. The second-order valence-electron chi connectivity index (χ2n) is 3.24. The lowest BCUT2D eigenvalue weighted by Gasteiger charge is -2.09. The molecule has 0 aromatic carbocycles. The van der Waals surface area contributed by atoms with Crippen LogP contribution < -0.4 is 4.74 Å². The number of carboxylic acid groups (broad SMARTS) is 1. The van der Waals surface area contributed by atoms with Crippen LogP contribution in [0.25, 0.3) is 0 Å². The Morgan fingerprint density at radius 3 is 2.76 bits per heavy atom. The second-order valence-corrected chi connectivity index (χ2v) is 3.24. The van der Waals surface area contributed by atoms with E-state index in [2.05, 4.69) is 4.98 Å². The van der Waals surface area contributed by atoms with E-state index >= 15 is 0 Å². The average Bonchev–Trinajstić information content (AvgIpc) is 2.23. The maximum Gasteiger partial charge on any atom is 0.389 e. The molecule has 7 heteroatoms. The number of nitrogens with zero attached hydrogens (tertiary/aromatic N) is 1. The van der Waals surface area contributed by atoms with E-state index in [0.29, 0.717) is 0 Å². The zero-order chi connectivity index (χ0) is 12.9. The van der Waals surface area contributed by atoms with Crippen molar-refractivity contribution in [2.75, 3.05) is 6.61 Å². The Hall–Kier alpha value is -1.79. The molecule has 0 saturated carbocycles. The van der Waals surface area contributed by atoms with Gasteiger partial charge in [0.05, 0.1) is 12.8 Å². The fourth-order valence-electron chi connectivity index (χ4n) is 1.13. The third kappa shape index (κ3) is 4.71. The van der Waals surface area contributed by atoms with Gasteiger partial charge in [-0.15, -0.1) is 0 Å². The van der Waals surface area contributed by atoms with Gasteiger partial charge in [-0.25, -0.2) is 4.79 Å². The van der Waals surface area contributed by atoms with Gasteiger partial charge in [0, 0.05) is 12.6 Å². The first-order chi connectivity index (χ1) is 7.90. The van der Waals surface area contributed by atoms with Crippen LogP contribution in [-0.4, -0.2) is 28.8 Å². The highest BCUT2D eigenvalue weighted by molar-refractivity contribution is 5.90. The largest absolute Gasteiger partial charge is 0.491 e. The first kappa shape index (κ1) is 13.3. The zero-order valence-corrected chi connectivity index (χ0v) is 8.70. The number of ether oxygens (including phenoxy) is 1. The quantitative estimate of drug-likeness (QED) is 0.814. The maximum atomic E-state index is 11.8. The number of rotatable bonds is 5. The second kappa shape index (κ2) is 5.51. The van der Waals surface area contributed by atoms with E-state index in [-0.39, 0.29) is 24.3 Å². The molecule has 0 aliphatic carbocycles. The first-order valence-corrected chi connectivity index (χ1v) is 4.77. The third-order valence-electron chi connectivity index (χ3n) is 1.88. The van der Waals surface area contributed by atoms with Crippen LogP contribution in [0.15, 0.2) is 18.5 Å². The van der Waals surface area contributed by atoms with Gasteiger partial charge in [0.1, 0.15) is 5.56 Å². The number of carboxylic acids is 1. The predicted octanol–water partition coefficient (Wildman–Crippen LogP) is 2.50. The Labute approximate surface area is 95.0 Å². The van der Waals surface area contributed by atoms with Crippen molar-refractivity contribution >= 4 is 5.97 Å². The normalized spacial score (nSPS) is 11.2. The van der Waals surface area contributed by atoms with Gasteiger partial charge in [0.15, 0.2) is 5.75 Å². The summed E-state index contributed by atoms with van der Waals surface area (Å²) in [5, 5.41) is 8.76. The van der Waals surface area contributed by atoms with Crippen molar-refractivity contribution < 1.29 is 27.8 Å². The summed E-state index contributed by atoms with van der Waals surface area (Å²) in [6, 6.07) is 1.22. The van der Waals surface area contributed by atoms with Crippen LogP contribution in [0.5, 0.6) is 5.75 Å². The zero-order valence-electron chi connectivity index (χ0n) is 8.70. The monoisotopic (exact) mass is 249 g/mol. The third-order valence-corrected chi connectivity index (χ3v) is 1.88. The lowest BCUT2D eigenvalue weighted by Crippen LogP contribution is -2.11. The molecule has 0 fully saturated rings. The van der Waals surface area contributed by atoms with Gasteiger partial charge in [-0.3, -0.25) is 4.98 Å². The Kier molecular flexibility index (Phi) is 4.30. The highest BCUT2D eigenvalue weighted by atomic mass is 19.4. The van der Waals surface area contributed by atoms with Crippen LogP contribution in [0.1, 0.15) is 23.2 Å². The molecule has 0 bridgehead atoms. The van der Waals surface area contributed by atoms with Gasteiger partial charge in [0.25, 0.3) is 0 Å². The molecule has 4 nitrogen and oxygen atoms in total. The summed E-state index contributed by atoms with van der Waals surface area (Å²) in [6.07, 6.45) is -2.98. The van der Waals surface area contributed by atoms with Crippen molar-refractivity contribution in [3.63, 3.8) is 0 Å². The smallest absolute Gasteiger partial charge is 0.389 e. The minimum Gasteiger partial charge on any atom is -0.491 e. The lowest BCUT2D eigenvalue weighted by molar-refractivity contribution is -0.136. The van der Waals surface area contributed by atoms with Gasteiger partial charge >= 0.3 is 12.1 Å². The molecule has 1 rings (SSSR count). The molecule has 1 heterocycles. The number of aromatic nitrogens is 1. The fraction of sp³-hybridized carbons (Fsp3) is 0.400. The van der Waals surface area contributed by atoms with E-state index in [4.69, 9.17) is 9.84 Å². The van der Waals surface area contributed by atoms with Gasteiger partial charge in [-0.2, -0.15) is 13.2 Å². The SMILES string of the molecule is O=C(O)c1ccncc1OCCCC(F)(F)F. The van der Waals surface area contributed by atoms with E-state index in [1.54, 1.807) is 0 Å². The number of alkyl halides is 3. The molecule has 0 aliphatic rings. The molecule has 0 atom stereocenters. The maximum absolute atomic E-state index is 11.8. The summed E-state index contributed by atoms with van der Waals surface area (Å²) < 4.78 is 40.4. The van der Waals surface area contributed by atoms with E-state index < -0.39 is 18.6 Å². The molecule has 17 heavy (non-hydrogen) atoms. The molecule has 0 saturated heterocycles. The standard InChI is InChI=1S/C10H10F3NO3/c11-10(12,13)3-1-5-17-8-6-14-4-2-7(8)9(15)16/h2,4,6H,1,3,5H2,(H,15,16). The molecule has 0 radical (unpaired) electrons. The number of hydrogen-bond donors (Lipinski definition) is 1.